The van der Waals surface area contributed by atoms with Crippen LogP contribution in [0.2, 0.25) is 0 Å². The Morgan fingerprint density at radius 2 is 1.43 bits per heavy atom. The number of nitrogens with zero attached hydrogens (tertiary/aromatic N) is 2. The highest BCUT2D eigenvalue weighted by atomic mass is 16.5. The Kier molecular flexibility index (Phi) is 4.64. The molecule has 5 nitrogen and oxygen atoms in total. The summed E-state index contributed by atoms with van der Waals surface area (Å²) >= 11 is 0. The number of benzene rings is 3. The lowest BCUT2D eigenvalue weighted by atomic mass is 9.99. The lowest BCUT2D eigenvalue weighted by Crippen LogP contribution is -2.09. The third-order valence-electron chi connectivity index (χ3n) is 4.51. The lowest BCUT2D eigenvalue weighted by Gasteiger charge is -2.07. The molecule has 138 valence electrons. The van der Waals surface area contributed by atoms with Gasteiger partial charge in [-0.2, -0.15) is 5.10 Å². The molecule has 0 unspecified atom stereocenters. The minimum absolute atomic E-state index is 0.121. The van der Waals surface area contributed by atoms with Gasteiger partial charge in [0.2, 0.25) is 0 Å². The molecule has 1 N–H and O–H groups in total. The lowest BCUT2D eigenvalue weighted by molar-refractivity contribution is 0.0688. The molecule has 0 aliphatic heterocycles. The summed E-state index contributed by atoms with van der Waals surface area (Å²) in [7, 11) is 1.59. The quantitative estimate of drug-likeness (QED) is 0.542. The molecule has 1 heterocycles. The maximum Gasteiger partial charge on any atom is 0.355 e. The Bertz CT molecular complexity index is 1100. The van der Waals surface area contributed by atoms with Gasteiger partial charge >= 0.3 is 5.97 Å². The van der Waals surface area contributed by atoms with Crippen molar-refractivity contribution in [2.45, 2.75) is 0 Å². The van der Waals surface area contributed by atoms with Gasteiger partial charge in [0.25, 0.3) is 0 Å². The van der Waals surface area contributed by atoms with E-state index in [-0.39, 0.29) is 5.69 Å². The van der Waals surface area contributed by atoms with Crippen molar-refractivity contribution in [3.8, 4) is 33.8 Å². The fraction of sp³-hybridized carbons (Fsp3) is 0.0435. The Morgan fingerprint density at radius 3 is 1.96 bits per heavy atom. The molecule has 0 aliphatic rings. The smallest absolute Gasteiger partial charge is 0.355 e. The van der Waals surface area contributed by atoms with Crippen molar-refractivity contribution in [3.05, 3.63) is 90.6 Å². The summed E-state index contributed by atoms with van der Waals surface area (Å²) in [6.07, 6.45) is 0. The molecule has 28 heavy (non-hydrogen) atoms. The molecule has 0 amide bonds. The van der Waals surface area contributed by atoms with Crippen LogP contribution in [0.25, 0.3) is 28.1 Å². The second kappa shape index (κ2) is 7.40. The largest absolute Gasteiger partial charge is 0.497 e. The molecule has 5 heteroatoms. The summed E-state index contributed by atoms with van der Waals surface area (Å²) in [5, 5.41) is 14.7. The number of hydrogen-bond acceptors (Lipinski definition) is 3. The summed E-state index contributed by atoms with van der Waals surface area (Å²) in [5.41, 5.74) is 3.65. The fourth-order valence-electron chi connectivity index (χ4n) is 3.20. The van der Waals surface area contributed by atoms with Gasteiger partial charge in [0, 0.05) is 11.1 Å². The van der Waals surface area contributed by atoms with Crippen LogP contribution in [0.4, 0.5) is 0 Å². The topological polar surface area (TPSA) is 64.4 Å². The van der Waals surface area contributed by atoms with Crippen molar-refractivity contribution in [3.63, 3.8) is 0 Å². The average Bonchev–Trinajstić information content (AvgIpc) is 3.16. The second-order valence-corrected chi connectivity index (χ2v) is 6.22. The van der Waals surface area contributed by atoms with Crippen LogP contribution in [-0.2, 0) is 0 Å². The van der Waals surface area contributed by atoms with E-state index >= 15 is 0 Å². The van der Waals surface area contributed by atoms with E-state index in [1.807, 2.05) is 60.7 Å². The molecule has 0 atom stereocenters. The number of carboxylic acid groups (broad SMARTS) is 1. The van der Waals surface area contributed by atoms with Gasteiger partial charge in [-0.1, -0.05) is 60.7 Å². The highest BCUT2D eigenvalue weighted by Crippen LogP contribution is 2.36. The predicted molar refractivity (Wildman–Crippen MR) is 108 cm³/mol. The molecule has 0 aliphatic carbocycles. The zero-order chi connectivity index (χ0) is 19.5. The minimum Gasteiger partial charge on any atom is -0.497 e. The number of methoxy groups -OCH3 is 1. The monoisotopic (exact) mass is 370 g/mol. The van der Waals surface area contributed by atoms with E-state index in [0.29, 0.717) is 22.7 Å². The third kappa shape index (κ3) is 3.14. The van der Waals surface area contributed by atoms with Crippen molar-refractivity contribution in [1.29, 1.82) is 0 Å². The van der Waals surface area contributed by atoms with Gasteiger partial charge in [-0.05, 0) is 29.8 Å². The van der Waals surface area contributed by atoms with Gasteiger partial charge in [0.1, 0.15) is 11.4 Å². The van der Waals surface area contributed by atoms with Crippen LogP contribution in [-0.4, -0.2) is 28.0 Å². The molecule has 0 radical (unpaired) electrons. The molecule has 3 aromatic carbocycles. The van der Waals surface area contributed by atoms with E-state index in [1.165, 1.54) is 4.68 Å². The van der Waals surface area contributed by atoms with Crippen LogP contribution >= 0.6 is 0 Å². The predicted octanol–water partition coefficient (Wildman–Crippen LogP) is 4.91. The van der Waals surface area contributed by atoms with Crippen LogP contribution in [0.1, 0.15) is 10.5 Å². The van der Waals surface area contributed by atoms with E-state index in [2.05, 4.69) is 0 Å². The van der Waals surface area contributed by atoms with E-state index in [0.717, 1.165) is 11.1 Å². The standard InChI is InChI=1S/C23H18N2O3/c1-28-19-14-12-18(13-15-19)25-22(23(26)27)20(16-8-4-2-5-9-16)21(24-25)17-10-6-3-7-11-17/h2-15H,1H3,(H,26,27). The molecule has 4 aromatic rings. The van der Waals surface area contributed by atoms with Crippen molar-refractivity contribution < 1.29 is 14.6 Å². The van der Waals surface area contributed by atoms with Gasteiger partial charge in [-0.3, -0.25) is 0 Å². The summed E-state index contributed by atoms with van der Waals surface area (Å²) in [5.74, 6) is -0.344. The third-order valence-corrected chi connectivity index (χ3v) is 4.51. The van der Waals surface area contributed by atoms with Gasteiger partial charge in [-0.15, -0.1) is 0 Å². The van der Waals surface area contributed by atoms with E-state index < -0.39 is 5.97 Å². The molecule has 0 saturated heterocycles. The summed E-state index contributed by atoms with van der Waals surface area (Å²) < 4.78 is 6.68. The van der Waals surface area contributed by atoms with E-state index in [4.69, 9.17) is 9.84 Å². The number of rotatable bonds is 5. The number of aromatic carboxylic acids is 1. The molecule has 0 saturated carbocycles. The molecule has 4 rings (SSSR count). The van der Waals surface area contributed by atoms with Crippen molar-refractivity contribution in [1.82, 2.24) is 9.78 Å². The van der Waals surface area contributed by atoms with Crippen LogP contribution in [0.15, 0.2) is 84.9 Å². The van der Waals surface area contributed by atoms with Gasteiger partial charge < -0.3 is 9.84 Å². The zero-order valence-corrected chi connectivity index (χ0v) is 15.2. The zero-order valence-electron chi connectivity index (χ0n) is 15.2. The maximum absolute atomic E-state index is 12.3. The van der Waals surface area contributed by atoms with Crippen LogP contribution in [0, 0.1) is 0 Å². The SMILES string of the molecule is COc1ccc(-n2nc(-c3ccccc3)c(-c3ccccc3)c2C(=O)O)cc1. The maximum atomic E-state index is 12.3. The van der Waals surface area contributed by atoms with Crippen molar-refractivity contribution in [2.75, 3.05) is 7.11 Å². The highest BCUT2D eigenvalue weighted by molar-refractivity contribution is 5.99. The Balaban J connectivity index is 2.02. The van der Waals surface area contributed by atoms with Gasteiger partial charge in [-0.25, -0.2) is 9.48 Å². The Labute approximate surface area is 162 Å². The molecule has 0 bridgehead atoms. The minimum atomic E-state index is -1.04. The second-order valence-electron chi connectivity index (χ2n) is 6.22. The van der Waals surface area contributed by atoms with Gasteiger partial charge in [0.05, 0.1) is 12.8 Å². The summed E-state index contributed by atoms with van der Waals surface area (Å²) in [6.45, 7) is 0. The molecular formula is C23H18N2O3. The average molecular weight is 370 g/mol. The molecule has 0 fully saturated rings. The van der Waals surface area contributed by atoms with Crippen LogP contribution < -0.4 is 4.74 Å². The van der Waals surface area contributed by atoms with Crippen molar-refractivity contribution >= 4 is 5.97 Å². The first-order valence-corrected chi connectivity index (χ1v) is 8.80. The summed E-state index contributed by atoms with van der Waals surface area (Å²) in [4.78, 5) is 12.3. The highest BCUT2D eigenvalue weighted by Gasteiger charge is 2.26. The number of ether oxygens (including phenoxy) is 1. The number of aromatic nitrogens is 2. The van der Waals surface area contributed by atoms with Gasteiger partial charge in [0.15, 0.2) is 5.69 Å². The van der Waals surface area contributed by atoms with Crippen LogP contribution in [0.5, 0.6) is 5.75 Å². The summed E-state index contributed by atoms with van der Waals surface area (Å²) in [6, 6.07) is 26.2. The molecule has 1 aromatic heterocycles. The Hall–Kier alpha value is -3.86. The first kappa shape index (κ1) is 17.5. The van der Waals surface area contributed by atoms with Crippen LogP contribution in [0.3, 0.4) is 0 Å². The van der Waals surface area contributed by atoms with E-state index in [1.54, 1.807) is 31.4 Å². The van der Waals surface area contributed by atoms with Crippen molar-refractivity contribution in [2.24, 2.45) is 0 Å². The number of hydrogen-bond donors (Lipinski definition) is 1. The number of carboxylic acids is 1. The first-order chi connectivity index (χ1) is 13.7. The molecule has 0 spiro atoms. The Morgan fingerprint density at radius 1 is 0.857 bits per heavy atom. The number of carbonyl (C=O) groups is 1. The molecular weight excluding hydrogens is 352 g/mol. The van der Waals surface area contributed by atoms with E-state index in [9.17, 15) is 9.90 Å². The fourth-order valence-corrected chi connectivity index (χ4v) is 3.20. The first-order valence-electron chi connectivity index (χ1n) is 8.80. The normalized spacial score (nSPS) is 10.6.